The Hall–Kier alpha value is -3.12. The quantitative estimate of drug-likeness (QED) is 0.162. The van der Waals surface area contributed by atoms with E-state index in [1.807, 2.05) is 20.8 Å². The molecule has 12 aliphatic carbocycles. The van der Waals surface area contributed by atoms with Gasteiger partial charge < -0.3 is 46.0 Å². The van der Waals surface area contributed by atoms with Crippen LogP contribution >= 0.6 is 0 Å². The summed E-state index contributed by atoms with van der Waals surface area (Å²) in [6, 6.07) is 0. The van der Waals surface area contributed by atoms with Crippen LogP contribution in [0.3, 0.4) is 0 Å². The molecule has 0 radical (unpaired) electrons. The third-order valence-corrected chi connectivity index (χ3v) is 26.0. The maximum Gasteiger partial charge on any atom is 0.190 e. The lowest BCUT2D eigenvalue weighted by Gasteiger charge is -2.60. The third kappa shape index (κ3) is 8.08. The van der Waals surface area contributed by atoms with Gasteiger partial charge in [0.25, 0.3) is 0 Å². The molecular formula is C63H90O15. The van der Waals surface area contributed by atoms with Crippen molar-refractivity contribution in [2.24, 2.45) is 85.8 Å². The molecule has 15 nitrogen and oxygen atoms in total. The predicted octanol–water partition coefficient (Wildman–Crippen LogP) is 5.34. The Balaban J connectivity index is 0.000000132. The Kier molecular flexibility index (Phi) is 14.7. The van der Waals surface area contributed by atoms with Gasteiger partial charge in [-0.15, -0.1) is 0 Å². The van der Waals surface area contributed by atoms with Gasteiger partial charge in [-0.1, -0.05) is 58.3 Å². The first-order valence-corrected chi connectivity index (χ1v) is 29.9. The van der Waals surface area contributed by atoms with Crippen molar-refractivity contribution in [2.75, 3.05) is 19.8 Å². The van der Waals surface area contributed by atoms with Gasteiger partial charge in [0.2, 0.25) is 0 Å². The summed E-state index contributed by atoms with van der Waals surface area (Å²) in [7, 11) is 0. The molecule has 9 fully saturated rings. The van der Waals surface area contributed by atoms with Crippen molar-refractivity contribution in [3.05, 3.63) is 34.9 Å². The van der Waals surface area contributed by atoms with Crippen LogP contribution in [-0.4, -0.2) is 136 Å². The third-order valence-electron chi connectivity index (χ3n) is 26.0. The molecule has 9 saturated carbocycles. The van der Waals surface area contributed by atoms with Gasteiger partial charge in [0.1, 0.15) is 36.6 Å². The molecule has 0 amide bonds. The lowest BCUT2D eigenvalue weighted by molar-refractivity contribution is -0.182. The summed E-state index contributed by atoms with van der Waals surface area (Å²) in [5, 5.41) is 95.2. The van der Waals surface area contributed by atoms with Crippen LogP contribution in [0.1, 0.15) is 176 Å². The van der Waals surface area contributed by atoms with Crippen molar-refractivity contribution in [3.8, 4) is 0 Å². The van der Waals surface area contributed by atoms with E-state index in [1.165, 1.54) is 16.7 Å². The summed E-state index contributed by atoms with van der Waals surface area (Å²) < 4.78 is 0. The summed E-state index contributed by atoms with van der Waals surface area (Å²) in [6.07, 6.45) is 17.2. The number of carbonyl (C=O) groups is 6. The average Bonchev–Trinajstić information content (AvgIpc) is 3.57. The number of carbonyl (C=O) groups excluding carboxylic acids is 6. The molecule has 0 aromatic heterocycles. The zero-order valence-electron chi connectivity index (χ0n) is 47.1. The molecule has 0 bridgehead atoms. The molecule has 78 heavy (non-hydrogen) atoms. The van der Waals surface area contributed by atoms with Gasteiger partial charge in [-0.05, 0) is 203 Å². The Bertz CT molecular complexity index is 2330. The van der Waals surface area contributed by atoms with Gasteiger partial charge in [-0.25, -0.2) is 0 Å². The maximum atomic E-state index is 12.4. The van der Waals surface area contributed by atoms with E-state index in [9.17, 15) is 74.7 Å². The van der Waals surface area contributed by atoms with Crippen LogP contribution in [-0.2, 0) is 28.8 Å². The van der Waals surface area contributed by atoms with Gasteiger partial charge in [0.05, 0.1) is 18.3 Å². The second-order valence-corrected chi connectivity index (χ2v) is 28.7. The molecule has 21 atom stereocenters. The van der Waals surface area contributed by atoms with Gasteiger partial charge in [-0.2, -0.15) is 0 Å². The number of Topliss-reactive ketones (excluding diaryl/α,β-unsaturated/α-hetero) is 3. The first kappa shape index (κ1) is 58.1. The van der Waals surface area contributed by atoms with E-state index in [2.05, 4.69) is 20.8 Å². The van der Waals surface area contributed by atoms with Crippen LogP contribution in [0, 0.1) is 85.8 Å². The molecular weight excluding hydrogens is 997 g/mol. The van der Waals surface area contributed by atoms with E-state index in [-0.39, 0.29) is 86.9 Å². The van der Waals surface area contributed by atoms with Crippen LogP contribution in [0.5, 0.6) is 0 Å². The zero-order chi connectivity index (χ0) is 56.7. The van der Waals surface area contributed by atoms with E-state index in [0.717, 1.165) is 77.0 Å². The van der Waals surface area contributed by atoms with E-state index in [1.54, 1.807) is 18.2 Å². The monoisotopic (exact) mass is 1090 g/mol. The summed E-state index contributed by atoms with van der Waals surface area (Å²) in [6.45, 7) is 10.4. The molecule has 0 unspecified atom stereocenters. The first-order chi connectivity index (χ1) is 36.5. The molecule has 12 aliphatic rings. The average molecular weight is 1090 g/mol. The minimum absolute atomic E-state index is 0.0697. The normalized spacial score (nSPS) is 50.5. The molecule has 0 aliphatic heterocycles. The number of rotatable bonds is 6. The van der Waals surface area contributed by atoms with E-state index in [0.29, 0.717) is 57.8 Å². The van der Waals surface area contributed by atoms with Crippen LogP contribution in [0.4, 0.5) is 0 Å². The van der Waals surface area contributed by atoms with Crippen molar-refractivity contribution in [1.29, 1.82) is 0 Å². The molecule has 432 valence electrons. The molecule has 0 aromatic carbocycles. The Labute approximate surface area is 459 Å². The van der Waals surface area contributed by atoms with Crippen molar-refractivity contribution >= 4 is 34.7 Å². The lowest BCUT2D eigenvalue weighted by atomic mass is 9.45. The Morgan fingerprint density at radius 2 is 0.654 bits per heavy atom. The number of aliphatic hydroxyl groups is 9. The van der Waals surface area contributed by atoms with E-state index >= 15 is 0 Å². The highest BCUT2D eigenvalue weighted by molar-refractivity contribution is 5.93. The second kappa shape index (κ2) is 19.8. The molecule has 0 aromatic rings. The number of fused-ring (bicyclic) bond motifs is 15. The first-order valence-electron chi connectivity index (χ1n) is 29.9. The molecule has 15 heteroatoms. The fourth-order valence-corrected chi connectivity index (χ4v) is 21.8. The van der Waals surface area contributed by atoms with Crippen LogP contribution in [0.2, 0.25) is 0 Å². The molecule has 12 rings (SSSR count). The maximum absolute atomic E-state index is 12.4. The minimum atomic E-state index is -1.54. The van der Waals surface area contributed by atoms with Crippen molar-refractivity contribution in [3.63, 3.8) is 0 Å². The zero-order valence-corrected chi connectivity index (χ0v) is 47.1. The highest BCUT2D eigenvalue weighted by Crippen LogP contribution is 2.71. The number of hydrogen-bond donors (Lipinski definition) is 9. The van der Waals surface area contributed by atoms with Crippen molar-refractivity contribution < 1.29 is 74.7 Å². The lowest BCUT2D eigenvalue weighted by Crippen LogP contribution is -2.62. The standard InChI is InChI=1S/3C21H30O5/c3*1-19-7-5-13(23)9-12(19)3-4-14-15-6-8-21(26,17(25)11-22)20(15,2)10-16(24)18(14)19/h3*9,14-16,18,22,24,26H,3-8,10-11H2,1-2H3/t3*14-,15-,16-,18+,19-,20-,21-/m000/s1. The number of aliphatic hydroxyl groups excluding tert-OH is 6. The molecule has 0 saturated heterocycles. The van der Waals surface area contributed by atoms with Gasteiger partial charge in [0, 0.05) is 35.5 Å². The van der Waals surface area contributed by atoms with Gasteiger partial charge in [0.15, 0.2) is 34.7 Å². The predicted molar refractivity (Wildman–Crippen MR) is 285 cm³/mol. The van der Waals surface area contributed by atoms with E-state index < -0.39 is 88.5 Å². The van der Waals surface area contributed by atoms with Crippen molar-refractivity contribution in [1.82, 2.24) is 0 Å². The summed E-state index contributed by atoms with van der Waals surface area (Å²) >= 11 is 0. The SMILES string of the molecule is C[C@]12CCC(=O)C=C1CC[C@@H]1[C@@H]2[C@@H](O)C[C@@]2(C)[C@H]1CC[C@]2(O)C(=O)CO.C[C@]12CCC(=O)C=C1CC[C@@H]1[C@@H]2[C@@H](O)C[C@@]2(C)[C@H]1CC[C@]2(O)C(=O)CO.C[C@]12CCC(=O)C=C1CC[C@@H]1[C@@H]2[C@@H](O)C[C@@]2(C)[C@H]1CC[C@]2(O)C(=O)CO. The number of allylic oxidation sites excluding steroid dienone is 3. The van der Waals surface area contributed by atoms with Crippen LogP contribution < -0.4 is 0 Å². The highest BCUT2D eigenvalue weighted by atomic mass is 16.3. The second-order valence-electron chi connectivity index (χ2n) is 28.7. The highest BCUT2D eigenvalue weighted by Gasteiger charge is 2.71. The van der Waals surface area contributed by atoms with Crippen LogP contribution in [0.25, 0.3) is 0 Å². The summed E-state index contributed by atoms with van der Waals surface area (Å²) in [5.74, 6) is 0.420. The minimum Gasteiger partial charge on any atom is -0.393 e. The summed E-state index contributed by atoms with van der Waals surface area (Å²) in [4.78, 5) is 72.8. The largest absolute Gasteiger partial charge is 0.393 e. The van der Waals surface area contributed by atoms with Gasteiger partial charge in [-0.3, -0.25) is 28.8 Å². The smallest absolute Gasteiger partial charge is 0.190 e. The fourth-order valence-electron chi connectivity index (χ4n) is 21.8. The summed E-state index contributed by atoms with van der Waals surface area (Å²) in [5.41, 5.74) is -3.70. The van der Waals surface area contributed by atoms with Crippen molar-refractivity contribution in [2.45, 2.75) is 211 Å². The fraction of sp³-hybridized carbons (Fsp3) is 0.810. The van der Waals surface area contributed by atoms with Crippen LogP contribution in [0.15, 0.2) is 34.9 Å². The van der Waals surface area contributed by atoms with Gasteiger partial charge >= 0.3 is 0 Å². The Morgan fingerprint density at radius 3 is 0.885 bits per heavy atom. The Morgan fingerprint density at radius 1 is 0.410 bits per heavy atom. The molecule has 0 spiro atoms. The molecule has 9 N–H and O–H groups in total. The molecule has 0 heterocycles. The number of hydrogen-bond acceptors (Lipinski definition) is 15. The van der Waals surface area contributed by atoms with E-state index in [4.69, 9.17) is 0 Å². The number of ketones is 6. The topological polar surface area (TPSA) is 284 Å².